The molecule has 132 valence electrons. The lowest BCUT2D eigenvalue weighted by molar-refractivity contribution is -0.483. The lowest BCUT2D eigenvalue weighted by atomic mass is 10.1. The van der Waals surface area contributed by atoms with E-state index in [9.17, 15) is 18.5 Å². The van der Waals surface area contributed by atoms with Crippen LogP contribution < -0.4 is 14.2 Å². The van der Waals surface area contributed by atoms with Gasteiger partial charge in [-0.25, -0.2) is 8.42 Å². The zero-order chi connectivity index (χ0) is 18.0. The van der Waals surface area contributed by atoms with Crippen LogP contribution in [0, 0.1) is 17.0 Å². The molecular weight excluding hydrogens is 348 g/mol. The third-order valence-corrected chi connectivity index (χ3v) is 5.25. The molecule has 1 N–H and O–H groups in total. The lowest BCUT2D eigenvalue weighted by Gasteiger charge is -2.16. The Morgan fingerprint density at radius 3 is 2.52 bits per heavy atom. The van der Waals surface area contributed by atoms with Gasteiger partial charge in [-0.2, -0.15) is 4.72 Å². The van der Waals surface area contributed by atoms with Crippen LogP contribution in [0.4, 0.5) is 0 Å². The minimum Gasteiger partial charge on any atom is -0.454 e. The molecule has 0 bridgehead atoms. The fourth-order valence-corrected chi connectivity index (χ4v) is 3.68. The molecule has 0 amide bonds. The van der Waals surface area contributed by atoms with E-state index in [-0.39, 0.29) is 11.7 Å². The molecule has 25 heavy (non-hydrogen) atoms. The van der Waals surface area contributed by atoms with Gasteiger partial charge in [-0.1, -0.05) is 23.8 Å². The molecule has 0 aliphatic carbocycles. The first-order chi connectivity index (χ1) is 11.8. The molecule has 1 aliphatic heterocycles. The number of hydrogen-bond acceptors (Lipinski definition) is 6. The molecule has 0 saturated heterocycles. The molecule has 3 rings (SSSR count). The van der Waals surface area contributed by atoms with Gasteiger partial charge in [0.1, 0.15) is 6.04 Å². The van der Waals surface area contributed by atoms with Gasteiger partial charge in [0.2, 0.25) is 23.4 Å². The summed E-state index contributed by atoms with van der Waals surface area (Å²) < 4.78 is 38.0. The highest BCUT2D eigenvalue weighted by atomic mass is 32.2. The molecule has 0 aromatic heterocycles. The van der Waals surface area contributed by atoms with E-state index < -0.39 is 27.5 Å². The summed E-state index contributed by atoms with van der Waals surface area (Å²) in [7, 11) is -3.91. The maximum atomic E-state index is 12.6. The quantitative estimate of drug-likeness (QED) is 0.621. The lowest BCUT2D eigenvalue weighted by Crippen LogP contribution is -2.33. The van der Waals surface area contributed by atoms with Crippen molar-refractivity contribution in [3.8, 4) is 11.5 Å². The van der Waals surface area contributed by atoms with Crippen molar-refractivity contribution in [2.45, 2.75) is 17.9 Å². The molecule has 0 saturated carbocycles. The Balaban J connectivity index is 1.91. The average molecular weight is 364 g/mol. The number of fused-ring (bicyclic) bond motifs is 1. The Hall–Kier alpha value is -2.65. The number of sulfonamides is 1. The number of benzene rings is 2. The zero-order valence-electron chi connectivity index (χ0n) is 13.3. The highest BCUT2D eigenvalue weighted by molar-refractivity contribution is 7.89. The van der Waals surface area contributed by atoms with Gasteiger partial charge in [-0.15, -0.1) is 0 Å². The Bertz CT molecular complexity index is 895. The molecule has 8 nitrogen and oxygen atoms in total. The van der Waals surface area contributed by atoms with Crippen LogP contribution >= 0.6 is 0 Å². The third kappa shape index (κ3) is 3.89. The monoisotopic (exact) mass is 364 g/mol. The van der Waals surface area contributed by atoms with Crippen molar-refractivity contribution >= 4 is 10.0 Å². The van der Waals surface area contributed by atoms with Crippen molar-refractivity contribution in [1.82, 2.24) is 4.72 Å². The summed E-state index contributed by atoms with van der Waals surface area (Å²) in [5, 5.41) is 11.0. The van der Waals surface area contributed by atoms with E-state index in [0.29, 0.717) is 17.1 Å². The second-order valence-electron chi connectivity index (χ2n) is 5.61. The van der Waals surface area contributed by atoms with Crippen molar-refractivity contribution in [2.24, 2.45) is 0 Å². The van der Waals surface area contributed by atoms with Crippen molar-refractivity contribution in [3.63, 3.8) is 0 Å². The molecular formula is C16H16N2O6S. The van der Waals surface area contributed by atoms with Crippen LogP contribution in [-0.2, 0) is 10.0 Å². The largest absolute Gasteiger partial charge is 0.454 e. The molecule has 0 radical (unpaired) electrons. The second-order valence-corrected chi connectivity index (χ2v) is 7.33. The molecule has 1 heterocycles. The summed E-state index contributed by atoms with van der Waals surface area (Å²) in [4.78, 5) is 10.5. The number of rotatable bonds is 6. The Labute approximate surface area is 144 Å². The average Bonchev–Trinajstić information content (AvgIpc) is 3.01. The van der Waals surface area contributed by atoms with Crippen molar-refractivity contribution in [2.75, 3.05) is 13.3 Å². The number of aryl methyl sites for hydroxylation is 1. The maximum Gasteiger partial charge on any atom is 0.241 e. The maximum absolute atomic E-state index is 12.6. The second kappa shape index (κ2) is 6.69. The Morgan fingerprint density at radius 2 is 1.84 bits per heavy atom. The highest BCUT2D eigenvalue weighted by Crippen LogP contribution is 2.34. The summed E-state index contributed by atoms with van der Waals surface area (Å²) in [6.07, 6.45) is 0. The fraction of sp³-hybridized carbons (Fsp3) is 0.250. The van der Waals surface area contributed by atoms with Gasteiger partial charge in [0, 0.05) is 4.92 Å². The van der Waals surface area contributed by atoms with E-state index in [2.05, 4.69) is 4.72 Å². The molecule has 1 unspecified atom stereocenters. The van der Waals surface area contributed by atoms with Gasteiger partial charge in [0.05, 0.1) is 4.90 Å². The predicted molar refractivity (Wildman–Crippen MR) is 88.7 cm³/mol. The summed E-state index contributed by atoms with van der Waals surface area (Å²) in [5.74, 6) is 0.949. The van der Waals surface area contributed by atoms with E-state index in [0.717, 1.165) is 5.56 Å². The molecule has 0 spiro atoms. The van der Waals surface area contributed by atoms with Crippen LogP contribution in [0.5, 0.6) is 11.5 Å². The highest BCUT2D eigenvalue weighted by Gasteiger charge is 2.27. The number of hydrogen-bond donors (Lipinski definition) is 1. The predicted octanol–water partition coefficient (Wildman–Crippen LogP) is 2.02. The van der Waals surface area contributed by atoms with Gasteiger partial charge in [-0.05, 0) is 36.8 Å². The van der Waals surface area contributed by atoms with Crippen LogP contribution in [0.15, 0.2) is 47.4 Å². The van der Waals surface area contributed by atoms with E-state index in [1.807, 2.05) is 6.92 Å². The molecule has 1 atom stereocenters. The summed E-state index contributed by atoms with van der Waals surface area (Å²) >= 11 is 0. The van der Waals surface area contributed by atoms with Crippen LogP contribution in [0.3, 0.4) is 0 Å². The minimum absolute atomic E-state index is 0.0483. The zero-order valence-corrected chi connectivity index (χ0v) is 14.2. The van der Waals surface area contributed by atoms with Gasteiger partial charge < -0.3 is 9.47 Å². The van der Waals surface area contributed by atoms with Gasteiger partial charge >= 0.3 is 0 Å². The summed E-state index contributed by atoms with van der Waals surface area (Å²) in [5.41, 5.74) is 1.34. The number of nitrogens with one attached hydrogen (secondary N) is 1. The van der Waals surface area contributed by atoms with Crippen LogP contribution in [0.2, 0.25) is 0 Å². The Morgan fingerprint density at radius 1 is 1.16 bits per heavy atom. The fourth-order valence-electron chi connectivity index (χ4n) is 2.46. The van der Waals surface area contributed by atoms with E-state index in [4.69, 9.17) is 9.47 Å². The van der Waals surface area contributed by atoms with Gasteiger partial charge in [0.15, 0.2) is 11.5 Å². The van der Waals surface area contributed by atoms with Crippen LogP contribution in [0.1, 0.15) is 17.2 Å². The summed E-state index contributed by atoms with van der Waals surface area (Å²) in [6.45, 7) is 1.31. The van der Waals surface area contributed by atoms with Crippen LogP contribution in [0.25, 0.3) is 0 Å². The SMILES string of the molecule is Cc1ccc(S(=O)(=O)NC(C[N+](=O)[O-])c2ccc3c(c2)OCO3)cc1. The van der Waals surface area contributed by atoms with E-state index in [1.54, 1.807) is 30.3 Å². The van der Waals surface area contributed by atoms with Crippen LogP contribution in [-0.4, -0.2) is 26.7 Å². The molecule has 9 heteroatoms. The minimum atomic E-state index is -3.91. The van der Waals surface area contributed by atoms with Crippen molar-refractivity contribution in [3.05, 3.63) is 63.7 Å². The van der Waals surface area contributed by atoms with Crippen molar-refractivity contribution in [1.29, 1.82) is 0 Å². The molecule has 2 aromatic rings. The third-order valence-electron chi connectivity index (χ3n) is 3.76. The number of nitro groups is 1. The first-order valence-electron chi connectivity index (χ1n) is 7.45. The normalized spacial score (nSPS) is 14.3. The first kappa shape index (κ1) is 17.2. The van der Waals surface area contributed by atoms with Gasteiger partial charge in [0.25, 0.3) is 0 Å². The molecule has 2 aromatic carbocycles. The molecule has 1 aliphatic rings. The number of ether oxygens (including phenoxy) is 2. The van der Waals surface area contributed by atoms with E-state index in [1.165, 1.54) is 12.1 Å². The smallest absolute Gasteiger partial charge is 0.241 e. The Kier molecular flexibility index (Phi) is 4.60. The standard InChI is InChI=1S/C16H16N2O6S/c1-11-2-5-13(6-3-11)25(21,22)17-14(9-18(19)20)12-4-7-15-16(8-12)24-10-23-15/h2-8,14,17H,9-10H2,1H3. The van der Waals surface area contributed by atoms with Gasteiger partial charge in [-0.3, -0.25) is 10.1 Å². The van der Waals surface area contributed by atoms with Crippen molar-refractivity contribution < 1.29 is 22.8 Å². The molecule has 0 fully saturated rings. The van der Waals surface area contributed by atoms with E-state index >= 15 is 0 Å². The topological polar surface area (TPSA) is 108 Å². The number of nitrogens with zero attached hydrogens (tertiary/aromatic N) is 1. The summed E-state index contributed by atoms with van der Waals surface area (Å²) in [6, 6.07) is 9.95. The first-order valence-corrected chi connectivity index (χ1v) is 8.94.